The Morgan fingerprint density at radius 1 is 0.750 bits per heavy atom. The summed E-state index contributed by atoms with van der Waals surface area (Å²) in [6, 6.07) is 0. The topological polar surface area (TPSA) is 17.1 Å². The number of carbonyl (C=O) groups is 1. The molecule has 0 unspecified atom stereocenters. The first-order valence-electron chi connectivity index (χ1n) is 6.67. The molecular formula is C15H26O. The molecule has 1 heteroatoms. The van der Waals surface area contributed by atoms with Crippen molar-refractivity contribution < 1.29 is 4.79 Å². The average Bonchev–Trinajstić information content (AvgIpc) is 2.31. The van der Waals surface area contributed by atoms with E-state index in [-0.39, 0.29) is 0 Å². The Balaban J connectivity index is 3.09. The van der Waals surface area contributed by atoms with Crippen LogP contribution in [0.4, 0.5) is 0 Å². The minimum atomic E-state index is 0.833. The molecule has 0 heterocycles. The van der Waals surface area contributed by atoms with Crippen LogP contribution in [-0.2, 0) is 4.79 Å². The normalized spacial score (nSPS) is 11.6. The largest absolute Gasteiger partial charge is 0.299 e. The van der Waals surface area contributed by atoms with Crippen molar-refractivity contribution in [3.8, 4) is 0 Å². The number of unbranched alkanes of at least 4 members (excludes halogenated alkanes) is 7. The fourth-order valence-corrected chi connectivity index (χ4v) is 1.62. The van der Waals surface area contributed by atoms with Crippen LogP contribution in [0, 0.1) is 0 Å². The maximum absolute atomic E-state index is 9.98. The van der Waals surface area contributed by atoms with E-state index in [0.29, 0.717) is 0 Å². The molecule has 0 spiro atoms. The van der Waals surface area contributed by atoms with Gasteiger partial charge < -0.3 is 0 Å². The van der Waals surface area contributed by atoms with Gasteiger partial charge in [0.25, 0.3) is 0 Å². The van der Waals surface area contributed by atoms with Gasteiger partial charge in [-0.25, -0.2) is 0 Å². The highest BCUT2D eigenvalue weighted by atomic mass is 16.1. The lowest BCUT2D eigenvalue weighted by atomic mass is 10.1. The Kier molecular flexibility index (Phi) is 13.4. The van der Waals surface area contributed by atoms with Gasteiger partial charge in [0.15, 0.2) is 0 Å². The van der Waals surface area contributed by atoms with Crippen LogP contribution < -0.4 is 0 Å². The average molecular weight is 222 g/mol. The van der Waals surface area contributed by atoms with Crippen LogP contribution in [0.1, 0.15) is 64.7 Å². The maximum Gasteiger partial charge on any atom is 0.142 e. The summed E-state index contributed by atoms with van der Waals surface area (Å²) in [5.74, 6) is 0. The molecule has 0 bridgehead atoms. The molecule has 0 saturated heterocycles. The van der Waals surface area contributed by atoms with Crippen molar-refractivity contribution in [1.29, 1.82) is 0 Å². The van der Waals surface area contributed by atoms with E-state index in [1.165, 1.54) is 44.9 Å². The lowest BCUT2D eigenvalue weighted by Gasteiger charge is -1.97. The zero-order valence-electron chi connectivity index (χ0n) is 10.7. The third-order valence-corrected chi connectivity index (χ3v) is 2.61. The predicted octanol–water partition coefficient (Wildman–Crippen LogP) is 4.83. The molecule has 0 aliphatic heterocycles. The Bertz CT molecular complexity index is 192. The second-order valence-corrected chi connectivity index (χ2v) is 4.17. The van der Waals surface area contributed by atoms with E-state index >= 15 is 0 Å². The molecule has 0 aromatic carbocycles. The smallest absolute Gasteiger partial charge is 0.142 e. The molecule has 0 radical (unpaired) electrons. The van der Waals surface area contributed by atoms with Crippen LogP contribution in [0.5, 0.6) is 0 Å². The van der Waals surface area contributed by atoms with Crippen molar-refractivity contribution in [2.24, 2.45) is 0 Å². The molecule has 92 valence electrons. The van der Waals surface area contributed by atoms with Crippen LogP contribution in [0.25, 0.3) is 0 Å². The van der Waals surface area contributed by atoms with Gasteiger partial charge in [0.1, 0.15) is 6.29 Å². The zero-order chi connectivity index (χ0) is 11.9. The van der Waals surface area contributed by atoms with Gasteiger partial charge in [-0.1, -0.05) is 57.3 Å². The number of hydrogen-bond donors (Lipinski definition) is 0. The minimum Gasteiger partial charge on any atom is -0.299 e. The first-order chi connectivity index (χ1) is 7.91. The van der Waals surface area contributed by atoms with Gasteiger partial charge in [0.2, 0.25) is 0 Å². The van der Waals surface area contributed by atoms with Crippen molar-refractivity contribution in [3.63, 3.8) is 0 Å². The number of aldehydes is 1. The summed E-state index contributed by atoms with van der Waals surface area (Å²) in [6.45, 7) is 2.25. The third-order valence-electron chi connectivity index (χ3n) is 2.61. The van der Waals surface area contributed by atoms with Crippen LogP contribution in [0.3, 0.4) is 0 Å². The fourth-order valence-electron chi connectivity index (χ4n) is 1.62. The maximum atomic E-state index is 9.98. The van der Waals surface area contributed by atoms with Crippen molar-refractivity contribution in [3.05, 3.63) is 24.3 Å². The Morgan fingerprint density at radius 3 is 2.12 bits per heavy atom. The number of allylic oxidation sites excluding steroid dienone is 4. The molecule has 1 nitrogen and oxygen atoms in total. The van der Waals surface area contributed by atoms with Gasteiger partial charge in [-0.3, -0.25) is 4.79 Å². The molecule has 0 aliphatic carbocycles. The van der Waals surface area contributed by atoms with Crippen LogP contribution in [-0.4, -0.2) is 6.29 Å². The van der Waals surface area contributed by atoms with E-state index in [1.54, 1.807) is 6.08 Å². The van der Waals surface area contributed by atoms with E-state index in [0.717, 1.165) is 19.1 Å². The van der Waals surface area contributed by atoms with Gasteiger partial charge in [-0.05, 0) is 31.8 Å². The standard InChI is InChI=1S/C15H26O/c1-2-3-4-5-6-7-8-9-10-11-12-13-14-15-16/h9-10,13-15H,2-8,11-12H2,1H3/b10-9+,14-13+. The first kappa shape index (κ1) is 15.2. The summed E-state index contributed by atoms with van der Waals surface area (Å²) >= 11 is 0. The highest BCUT2D eigenvalue weighted by Gasteiger charge is 1.87. The summed E-state index contributed by atoms with van der Waals surface area (Å²) in [5.41, 5.74) is 0. The molecule has 0 fully saturated rings. The quantitative estimate of drug-likeness (QED) is 0.212. The molecule has 0 N–H and O–H groups in total. The monoisotopic (exact) mass is 222 g/mol. The summed E-state index contributed by atoms with van der Waals surface area (Å²) in [5, 5.41) is 0. The van der Waals surface area contributed by atoms with Crippen molar-refractivity contribution >= 4 is 6.29 Å². The van der Waals surface area contributed by atoms with Crippen molar-refractivity contribution in [2.45, 2.75) is 64.7 Å². The lowest BCUT2D eigenvalue weighted by molar-refractivity contribution is -0.104. The first-order valence-corrected chi connectivity index (χ1v) is 6.67. The molecule has 0 rings (SSSR count). The number of hydrogen-bond acceptors (Lipinski definition) is 1. The van der Waals surface area contributed by atoms with Crippen LogP contribution in [0.15, 0.2) is 24.3 Å². The molecule has 0 saturated carbocycles. The second kappa shape index (κ2) is 14.2. The lowest BCUT2D eigenvalue weighted by Crippen LogP contribution is -1.77. The van der Waals surface area contributed by atoms with Gasteiger partial charge in [0, 0.05) is 0 Å². The highest BCUT2D eigenvalue weighted by molar-refractivity contribution is 5.64. The van der Waals surface area contributed by atoms with E-state index in [9.17, 15) is 4.79 Å². The van der Waals surface area contributed by atoms with Gasteiger partial charge in [-0.15, -0.1) is 0 Å². The van der Waals surface area contributed by atoms with E-state index in [1.807, 2.05) is 6.08 Å². The summed E-state index contributed by atoms with van der Waals surface area (Å²) < 4.78 is 0. The van der Waals surface area contributed by atoms with E-state index < -0.39 is 0 Å². The second-order valence-electron chi connectivity index (χ2n) is 4.17. The number of rotatable bonds is 11. The Morgan fingerprint density at radius 2 is 1.38 bits per heavy atom. The van der Waals surface area contributed by atoms with Crippen molar-refractivity contribution in [1.82, 2.24) is 0 Å². The summed E-state index contributed by atoms with van der Waals surface area (Å²) in [4.78, 5) is 9.98. The molecule has 0 aromatic heterocycles. The summed E-state index contributed by atoms with van der Waals surface area (Å²) in [6.07, 6.45) is 20.3. The van der Waals surface area contributed by atoms with Crippen LogP contribution in [0.2, 0.25) is 0 Å². The minimum absolute atomic E-state index is 0.833. The van der Waals surface area contributed by atoms with Gasteiger partial charge in [-0.2, -0.15) is 0 Å². The molecule has 0 aromatic rings. The van der Waals surface area contributed by atoms with Gasteiger partial charge >= 0.3 is 0 Å². The van der Waals surface area contributed by atoms with Crippen LogP contribution >= 0.6 is 0 Å². The predicted molar refractivity (Wildman–Crippen MR) is 71.6 cm³/mol. The fraction of sp³-hybridized carbons (Fsp3) is 0.667. The Hall–Kier alpha value is -0.850. The molecular weight excluding hydrogens is 196 g/mol. The zero-order valence-corrected chi connectivity index (χ0v) is 10.7. The molecule has 16 heavy (non-hydrogen) atoms. The molecule has 0 aliphatic rings. The molecule has 0 amide bonds. The third kappa shape index (κ3) is 13.2. The van der Waals surface area contributed by atoms with E-state index in [4.69, 9.17) is 0 Å². The SMILES string of the molecule is CCCCCCCC/C=C/CC/C=C/C=O. The van der Waals surface area contributed by atoms with Gasteiger partial charge in [0.05, 0.1) is 0 Å². The Labute approximate surface area is 101 Å². The van der Waals surface area contributed by atoms with Crippen molar-refractivity contribution in [2.75, 3.05) is 0 Å². The highest BCUT2D eigenvalue weighted by Crippen LogP contribution is 2.07. The molecule has 0 atom stereocenters. The van der Waals surface area contributed by atoms with E-state index in [2.05, 4.69) is 19.1 Å². The number of carbonyl (C=O) groups excluding carboxylic acids is 1. The summed E-state index contributed by atoms with van der Waals surface area (Å²) in [7, 11) is 0.